The average Bonchev–Trinajstić information content (AvgIpc) is 2.80. The van der Waals surface area contributed by atoms with Gasteiger partial charge >= 0.3 is 5.97 Å². The van der Waals surface area contributed by atoms with E-state index in [2.05, 4.69) is 10.6 Å². The first kappa shape index (κ1) is 19.5. The molecule has 1 rings (SSSR count). The Morgan fingerprint density at radius 1 is 1.39 bits per heavy atom. The fourth-order valence-electron chi connectivity index (χ4n) is 3.06. The van der Waals surface area contributed by atoms with Crippen molar-refractivity contribution in [1.82, 2.24) is 10.6 Å². The van der Waals surface area contributed by atoms with E-state index in [0.717, 1.165) is 6.08 Å². The van der Waals surface area contributed by atoms with E-state index in [4.69, 9.17) is 4.74 Å². The Labute approximate surface area is 135 Å². The van der Waals surface area contributed by atoms with Crippen LogP contribution in [0.1, 0.15) is 40.5 Å². The van der Waals surface area contributed by atoms with E-state index in [9.17, 15) is 18.4 Å². The Balaban J connectivity index is 2.97. The van der Waals surface area contributed by atoms with E-state index >= 15 is 0 Å². The summed E-state index contributed by atoms with van der Waals surface area (Å²) in [6.45, 7) is 7.31. The molecule has 5 nitrogen and oxygen atoms in total. The van der Waals surface area contributed by atoms with Crippen molar-refractivity contribution in [3.63, 3.8) is 0 Å². The molecule has 0 aromatic rings. The lowest BCUT2D eigenvalue weighted by Gasteiger charge is -2.29. The number of ether oxygens (including phenoxy) is 1. The molecule has 0 aromatic carbocycles. The van der Waals surface area contributed by atoms with Crippen molar-refractivity contribution >= 4 is 11.9 Å². The highest BCUT2D eigenvalue weighted by Crippen LogP contribution is 2.29. The summed E-state index contributed by atoms with van der Waals surface area (Å²) in [6.07, 6.45) is -0.0519. The van der Waals surface area contributed by atoms with Gasteiger partial charge in [-0.15, -0.1) is 0 Å². The maximum absolute atomic E-state index is 12.8. The van der Waals surface area contributed by atoms with Gasteiger partial charge in [-0.3, -0.25) is 14.9 Å². The first-order valence-corrected chi connectivity index (χ1v) is 7.97. The van der Waals surface area contributed by atoms with Crippen molar-refractivity contribution in [2.45, 2.75) is 58.7 Å². The smallest absolute Gasteiger partial charge is 0.323 e. The van der Waals surface area contributed by atoms with Gasteiger partial charge in [-0.25, -0.2) is 0 Å². The van der Waals surface area contributed by atoms with Crippen molar-refractivity contribution < 1.29 is 23.1 Å². The molecule has 7 heteroatoms. The van der Waals surface area contributed by atoms with Crippen LogP contribution in [0.4, 0.5) is 8.78 Å². The van der Waals surface area contributed by atoms with Crippen LogP contribution < -0.4 is 10.6 Å². The maximum atomic E-state index is 12.8. The van der Waals surface area contributed by atoms with Crippen molar-refractivity contribution in [2.24, 2.45) is 11.8 Å². The number of carbonyl (C=O) groups is 2. The summed E-state index contributed by atoms with van der Waals surface area (Å²) >= 11 is 0. The molecule has 1 amide bonds. The van der Waals surface area contributed by atoms with Gasteiger partial charge in [0.1, 0.15) is 6.04 Å². The minimum absolute atomic E-state index is 0.222. The second kappa shape index (κ2) is 8.96. The van der Waals surface area contributed by atoms with Crippen molar-refractivity contribution in [2.75, 3.05) is 6.61 Å². The normalized spacial score (nSPS) is 25.1. The largest absolute Gasteiger partial charge is 0.465 e. The fourth-order valence-corrected chi connectivity index (χ4v) is 3.06. The van der Waals surface area contributed by atoms with Crippen molar-refractivity contribution in [3.05, 3.63) is 12.2 Å². The van der Waals surface area contributed by atoms with Gasteiger partial charge in [0.2, 0.25) is 5.91 Å². The molecule has 1 aliphatic heterocycles. The number of hydrogen-bond donors (Lipinski definition) is 2. The van der Waals surface area contributed by atoms with E-state index in [0.29, 0.717) is 6.42 Å². The van der Waals surface area contributed by atoms with Gasteiger partial charge in [0, 0.05) is 24.9 Å². The van der Waals surface area contributed by atoms with E-state index in [1.807, 2.05) is 13.8 Å². The van der Waals surface area contributed by atoms with Crippen LogP contribution in [0.25, 0.3) is 0 Å². The van der Waals surface area contributed by atoms with Gasteiger partial charge in [0.15, 0.2) is 0 Å². The van der Waals surface area contributed by atoms with E-state index in [1.165, 1.54) is 6.92 Å². The molecule has 4 atom stereocenters. The quantitative estimate of drug-likeness (QED) is 0.702. The van der Waals surface area contributed by atoms with Crippen LogP contribution in [-0.4, -0.2) is 36.6 Å². The second-order valence-electron chi connectivity index (χ2n) is 6.29. The molecule has 1 saturated heterocycles. The third-order valence-corrected chi connectivity index (χ3v) is 3.82. The van der Waals surface area contributed by atoms with Crippen LogP contribution in [0.5, 0.6) is 0 Å². The second-order valence-corrected chi connectivity index (χ2v) is 6.29. The van der Waals surface area contributed by atoms with E-state index in [1.54, 1.807) is 6.92 Å². The minimum atomic E-state index is -1.78. The molecule has 0 bridgehead atoms. The monoisotopic (exact) mass is 332 g/mol. The Morgan fingerprint density at radius 2 is 2.04 bits per heavy atom. The van der Waals surface area contributed by atoms with Crippen LogP contribution in [0.3, 0.4) is 0 Å². The molecule has 0 aliphatic carbocycles. The molecule has 0 saturated carbocycles. The fraction of sp³-hybridized carbons (Fsp3) is 0.750. The van der Waals surface area contributed by atoms with Gasteiger partial charge in [-0.05, 0) is 31.8 Å². The Bertz CT molecular complexity index is 451. The van der Waals surface area contributed by atoms with Crippen molar-refractivity contribution in [1.29, 1.82) is 0 Å². The third-order valence-electron chi connectivity index (χ3n) is 3.82. The summed E-state index contributed by atoms with van der Waals surface area (Å²) in [7, 11) is 0. The van der Waals surface area contributed by atoms with Crippen LogP contribution in [0.15, 0.2) is 12.2 Å². The molecule has 1 fully saturated rings. The van der Waals surface area contributed by atoms with Gasteiger partial charge in [0.25, 0.3) is 6.08 Å². The topological polar surface area (TPSA) is 67.4 Å². The Kier molecular flexibility index (Phi) is 7.61. The number of nitrogens with one attached hydrogen (secondary N) is 2. The molecule has 2 N–H and O–H groups in total. The zero-order chi connectivity index (χ0) is 17.6. The third kappa shape index (κ3) is 6.25. The molecule has 0 spiro atoms. The maximum Gasteiger partial charge on any atom is 0.323 e. The summed E-state index contributed by atoms with van der Waals surface area (Å²) in [5, 5.41) is 5.89. The van der Waals surface area contributed by atoms with E-state index < -0.39 is 30.1 Å². The molecule has 132 valence electrons. The molecule has 0 aromatic heterocycles. The van der Waals surface area contributed by atoms with Gasteiger partial charge in [-0.2, -0.15) is 8.78 Å². The number of hydrogen-bond acceptors (Lipinski definition) is 4. The Hall–Kier alpha value is -1.50. The number of carbonyl (C=O) groups excluding carboxylic acids is 2. The predicted octanol–water partition coefficient (Wildman–Crippen LogP) is 2.23. The van der Waals surface area contributed by atoms with Gasteiger partial charge < -0.3 is 10.1 Å². The number of halogens is 2. The molecular weight excluding hydrogens is 306 g/mol. The van der Waals surface area contributed by atoms with Gasteiger partial charge in [0.05, 0.1) is 6.61 Å². The molecular formula is C16H26F2N2O3. The number of esters is 1. The summed E-state index contributed by atoms with van der Waals surface area (Å²) in [5.74, 6) is -0.931. The standard InChI is InChI=1S/C16H26F2N2O3/c1-5-23-16(22)13-7-11(8-14(17)18)15(20-13)12(6-9(2)3)19-10(4)21/h8-9,11-13,15,20H,5-7H2,1-4H3,(H,19,21)/t11-,12-,13+,15+/m0/s1. The number of rotatable bonds is 7. The first-order chi connectivity index (χ1) is 10.7. The molecule has 1 aliphatic rings. The minimum Gasteiger partial charge on any atom is -0.465 e. The highest BCUT2D eigenvalue weighted by Gasteiger charge is 2.41. The highest BCUT2D eigenvalue weighted by atomic mass is 19.3. The summed E-state index contributed by atoms with van der Waals surface area (Å²) < 4.78 is 30.5. The van der Waals surface area contributed by atoms with Crippen LogP contribution in [-0.2, 0) is 14.3 Å². The predicted molar refractivity (Wildman–Crippen MR) is 82.8 cm³/mol. The summed E-state index contributed by atoms with van der Waals surface area (Å²) in [5.41, 5.74) is 0. The lowest BCUT2D eigenvalue weighted by atomic mass is 9.89. The van der Waals surface area contributed by atoms with Crippen LogP contribution in [0, 0.1) is 11.8 Å². The zero-order valence-electron chi connectivity index (χ0n) is 14.1. The molecule has 0 unspecified atom stereocenters. The van der Waals surface area contributed by atoms with E-state index in [-0.39, 0.29) is 30.9 Å². The first-order valence-electron chi connectivity index (χ1n) is 7.97. The molecule has 1 heterocycles. The lowest BCUT2D eigenvalue weighted by Crippen LogP contribution is -2.51. The van der Waals surface area contributed by atoms with Crippen LogP contribution in [0.2, 0.25) is 0 Å². The highest BCUT2D eigenvalue weighted by molar-refractivity contribution is 5.76. The van der Waals surface area contributed by atoms with Gasteiger partial charge in [-0.1, -0.05) is 13.8 Å². The average molecular weight is 332 g/mol. The van der Waals surface area contributed by atoms with Crippen LogP contribution >= 0.6 is 0 Å². The molecule has 0 radical (unpaired) electrons. The SMILES string of the molecule is CCOC(=O)[C@H]1C[C@@H](C=C(F)F)[C@H]([C@H](CC(C)C)NC(C)=O)N1. The molecule has 23 heavy (non-hydrogen) atoms. The number of amides is 1. The summed E-state index contributed by atoms with van der Waals surface area (Å²) in [4.78, 5) is 23.4. The lowest BCUT2D eigenvalue weighted by molar-refractivity contribution is -0.145. The zero-order valence-corrected chi connectivity index (χ0v) is 14.1. The Morgan fingerprint density at radius 3 is 2.52 bits per heavy atom. The summed E-state index contributed by atoms with van der Waals surface area (Å²) in [6, 6.07) is -1.39. The van der Waals surface area contributed by atoms with Crippen molar-refractivity contribution in [3.8, 4) is 0 Å².